The van der Waals surface area contributed by atoms with E-state index < -0.39 is 0 Å². The summed E-state index contributed by atoms with van der Waals surface area (Å²) in [6.45, 7) is 1.11. The number of benzene rings is 2. The molecular weight excluding hydrogens is 342 g/mol. The van der Waals surface area contributed by atoms with Crippen molar-refractivity contribution in [3.8, 4) is 22.9 Å². The number of fused-ring (bicyclic) bond motifs is 1. The van der Waals surface area contributed by atoms with Crippen LogP contribution in [0.5, 0.6) is 11.5 Å². The second-order valence-corrected chi connectivity index (χ2v) is 6.56. The molecule has 0 aliphatic carbocycles. The lowest BCUT2D eigenvalue weighted by Crippen LogP contribution is -2.34. The van der Waals surface area contributed by atoms with Crippen molar-refractivity contribution in [2.75, 3.05) is 20.3 Å². The summed E-state index contributed by atoms with van der Waals surface area (Å²) in [7, 11) is 1.64. The molecule has 6 heteroatoms. The van der Waals surface area contributed by atoms with E-state index >= 15 is 0 Å². The summed E-state index contributed by atoms with van der Waals surface area (Å²) in [4.78, 5) is 19.8. The first kappa shape index (κ1) is 17.1. The van der Waals surface area contributed by atoms with Gasteiger partial charge in [0, 0.05) is 36.0 Å². The van der Waals surface area contributed by atoms with Crippen molar-refractivity contribution in [1.29, 1.82) is 0 Å². The van der Waals surface area contributed by atoms with Crippen LogP contribution < -0.4 is 14.8 Å². The third kappa shape index (κ3) is 3.65. The van der Waals surface area contributed by atoms with Gasteiger partial charge in [0.1, 0.15) is 5.82 Å². The maximum absolute atomic E-state index is 12.6. The molecule has 4 rings (SSSR count). The van der Waals surface area contributed by atoms with Crippen molar-refractivity contribution in [3.05, 3.63) is 66.0 Å². The van der Waals surface area contributed by atoms with Crippen LogP contribution in [0.2, 0.25) is 0 Å². The highest BCUT2D eigenvalue weighted by Gasteiger charge is 2.23. The predicted octanol–water partition coefficient (Wildman–Crippen LogP) is 3.07. The molecule has 1 aliphatic heterocycles. The van der Waals surface area contributed by atoms with Crippen LogP contribution in [-0.4, -0.2) is 36.1 Å². The van der Waals surface area contributed by atoms with E-state index in [1.807, 2.05) is 36.4 Å². The molecule has 1 amide bonds. The van der Waals surface area contributed by atoms with E-state index in [2.05, 4.69) is 15.3 Å². The molecular formula is C21H21N3O3. The first-order chi connectivity index (χ1) is 13.2. The number of carbonyl (C=O) groups is 1. The maximum Gasteiger partial charge on any atom is 0.251 e. The first-order valence-electron chi connectivity index (χ1n) is 8.91. The number of methoxy groups -OCH3 is 1. The lowest BCUT2D eigenvalue weighted by molar-refractivity contribution is 0.0938. The summed E-state index contributed by atoms with van der Waals surface area (Å²) in [6, 6.07) is 13.3. The van der Waals surface area contributed by atoms with Gasteiger partial charge >= 0.3 is 0 Å². The average Bonchev–Trinajstić information content (AvgIpc) is 3.26. The van der Waals surface area contributed by atoms with E-state index in [0.29, 0.717) is 18.7 Å². The zero-order chi connectivity index (χ0) is 18.6. The van der Waals surface area contributed by atoms with Crippen LogP contribution in [-0.2, 0) is 6.42 Å². The number of hydrogen-bond donors (Lipinski definition) is 2. The molecule has 1 unspecified atom stereocenters. The summed E-state index contributed by atoms with van der Waals surface area (Å²) < 4.78 is 11.2. The summed E-state index contributed by atoms with van der Waals surface area (Å²) in [5, 5.41) is 3.02. The van der Waals surface area contributed by atoms with Gasteiger partial charge in [-0.25, -0.2) is 4.98 Å². The number of imidazole rings is 1. The molecule has 0 spiro atoms. The van der Waals surface area contributed by atoms with Gasteiger partial charge in [-0.1, -0.05) is 24.3 Å². The van der Waals surface area contributed by atoms with Crippen LogP contribution >= 0.6 is 0 Å². The highest BCUT2D eigenvalue weighted by molar-refractivity contribution is 5.95. The van der Waals surface area contributed by atoms with Gasteiger partial charge in [-0.05, 0) is 30.2 Å². The second-order valence-electron chi connectivity index (χ2n) is 6.56. The molecule has 138 valence electrons. The number of nitrogens with zero attached hydrogens (tertiary/aromatic N) is 1. The van der Waals surface area contributed by atoms with E-state index in [9.17, 15) is 4.79 Å². The van der Waals surface area contributed by atoms with Crippen molar-refractivity contribution in [2.24, 2.45) is 5.92 Å². The van der Waals surface area contributed by atoms with Gasteiger partial charge in [-0.2, -0.15) is 0 Å². The van der Waals surface area contributed by atoms with Crippen molar-refractivity contribution in [2.45, 2.75) is 6.42 Å². The molecule has 0 bridgehead atoms. The molecule has 0 saturated carbocycles. The fourth-order valence-electron chi connectivity index (χ4n) is 3.32. The standard InChI is InChI=1S/C21H21N3O3/c1-26-18-7-3-4-15-10-14(13-27-19(15)18)12-24-21(25)17-6-2-5-16(11-17)20-22-8-9-23-20/h2-9,11,14H,10,12-13H2,1H3,(H,22,23)(H,24,25). The van der Waals surface area contributed by atoms with Crippen LogP contribution in [0.25, 0.3) is 11.4 Å². The molecule has 0 saturated heterocycles. The average molecular weight is 363 g/mol. The molecule has 1 aliphatic rings. The normalized spacial score (nSPS) is 15.5. The SMILES string of the molecule is COc1cccc2c1OCC(CNC(=O)c1cccc(-c3ncc[nH]3)c1)C2. The topological polar surface area (TPSA) is 76.2 Å². The minimum Gasteiger partial charge on any atom is -0.493 e. The number of rotatable bonds is 5. The molecule has 3 aromatic rings. The van der Waals surface area contributed by atoms with Crippen molar-refractivity contribution in [3.63, 3.8) is 0 Å². The third-order valence-corrected chi connectivity index (χ3v) is 4.70. The van der Waals surface area contributed by atoms with Crippen LogP contribution in [0.15, 0.2) is 54.9 Å². The monoisotopic (exact) mass is 363 g/mol. The van der Waals surface area contributed by atoms with Crippen molar-refractivity contribution >= 4 is 5.91 Å². The Balaban J connectivity index is 1.39. The summed E-state index contributed by atoms with van der Waals surface area (Å²) in [6.07, 6.45) is 4.30. The molecule has 2 aromatic carbocycles. The van der Waals surface area contributed by atoms with Gasteiger partial charge in [-0.3, -0.25) is 4.79 Å². The number of aromatic amines is 1. The lowest BCUT2D eigenvalue weighted by atomic mass is 9.96. The van der Waals surface area contributed by atoms with Crippen molar-refractivity contribution < 1.29 is 14.3 Å². The van der Waals surface area contributed by atoms with Crippen LogP contribution in [0.3, 0.4) is 0 Å². The minimum atomic E-state index is -0.0974. The lowest BCUT2D eigenvalue weighted by Gasteiger charge is -2.26. The van der Waals surface area contributed by atoms with Crippen LogP contribution in [0.1, 0.15) is 15.9 Å². The minimum absolute atomic E-state index is 0.0974. The smallest absolute Gasteiger partial charge is 0.251 e. The van der Waals surface area contributed by atoms with Gasteiger partial charge in [0.2, 0.25) is 0 Å². The molecule has 6 nitrogen and oxygen atoms in total. The zero-order valence-corrected chi connectivity index (χ0v) is 15.1. The van der Waals surface area contributed by atoms with E-state index in [-0.39, 0.29) is 11.8 Å². The number of ether oxygens (including phenoxy) is 2. The zero-order valence-electron chi connectivity index (χ0n) is 15.1. The summed E-state index contributed by atoms with van der Waals surface area (Å²) >= 11 is 0. The maximum atomic E-state index is 12.6. The Kier molecular flexibility index (Phi) is 4.78. The van der Waals surface area contributed by atoms with Crippen LogP contribution in [0.4, 0.5) is 0 Å². The number of nitrogens with one attached hydrogen (secondary N) is 2. The van der Waals surface area contributed by atoms with E-state index in [1.54, 1.807) is 25.6 Å². The number of hydrogen-bond acceptors (Lipinski definition) is 4. The van der Waals surface area contributed by atoms with Gasteiger partial charge in [0.15, 0.2) is 11.5 Å². The summed E-state index contributed by atoms with van der Waals surface area (Å²) in [5.41, 5.74) is 2.61. The highest BCUT2D eigenvalue weighted by Crippen LogP contribution is 2.35. The largest absolute Gasteiger partial charge is 0.493 e. The number of carbonyl (C=O) groups excluding carboxylic acids is 1. The predicted molar refractivity (Wildman–Crippen MR) is 102 cm³/mol. The fourth-order valence-corrected chi connectivity index (χ4v) is 3.32. The van der Waals surface area contributed by atoms with Gasteiger partial charge in [-0.15, -0.1) is 0 Å². The molecule has 2 heterocycles. The van der Waals surface area contributed by atoms with E-state index in [1.165, 1.54) is 0 Å². The fraction of sp³-hybridized carbons (Fsp3) is 0.238. The number of amides is 1. The second kappa shape index (κ2) is 7.53. The van der Waals surface area contributed by atoms with E-state index in [0.717, 1.165) is 34.9 Å². The van der Waals surface area contributed by atoms with Gasteiger partial charge in [0.05, 0.1) is 13.7 Å². The molecule has 1 atom stereocenters. The molecule has 1 aromatic heterocycles. The summed E-state index contributed by atoms with van der Waals surface area (Å²) in [5.74, 6) is 2.44. The Morgan fingerprint density at radius 2 is 2.22 bits per heavy atom. The molecule has 0 fully saturated rings. The molecule has 2 N–H and O–H groups in total. The third-order valence-electron chi connectivity index (χ3n) is 4.70. The number of H-pyrrole nitrogens is 1. The van der Waals surface area contributed by atoms with Crippen LogP contribution in [0, 0.1) is 5.92 Å². The Labute approximate surface area is 157 Å². The number of aromatic nitrogens is 2. The highest BCUT2D eigenvalue weighted by atomic mass is 16.5. The quantitative estimate of drug-likeness (QED) is 0.730. The Bertz CT molecular complexity index is 938. The van der Waals surface area contributed by atoms with Gasteiger partial charge < -0.3 is 19.8 Å². The molecule has 0 radical (unpaired) electrons. The number of para-hydroxylation sites is 1. The first-order valence-corrected chi connectivity index (χ1v) is 8.91. The Morgan fingerprint density at radius 3 is 3.04 bits per heavy atom. The Hall–Kier alpha value is -3.28. The van der Waals surface area contributed by atoms with Crippen molar-refractivity contribution in [1.82, 2.24) is 15.3 Å². The Morgan fingerprint density at radius 1 is 1.33 bits per heavy atom. The molecule has 27 heavy (non-hydrogen) atoms. The van der Waals surface area contributed by atoms with Gasteiger partial charge in [0.25, 0.3) is 5.91 Å². The van der Waals surface area contributed by atoms with E-state index in [4.69, 9.17) is 9.47 Å².